The van der Waals surface area contributed by atoms with Crippen LogP contribution in [0.5, 0.6) is 0 Å². The first-order valence-corrected chi connectivity index (χ1v) is 5.26. The molecule has 1 aromatic heterocycles. The molecule has 0 fully saturated rings. The zero-order chi connectivity index (χ0) is 12.3. The maximum Gasteiger partial charge on any atom is 0.307 e. The monoisotopic (exact) mass is 228 g/mol. The van der Waals surface area contributed by atoms with Crippen molar-refractivity contribution in [2.45, 2.75) is 13.3 Å². The van der Waals surface area contributed by atoms with Gasteiger partial charge in [-0.2, -0.15) is 0 Å². The molecule has 0 aliphatic carbocycles. The summed E-state index contributed by atoms with van der Waals surface area (Å²) >= 11 is 0. The number of carbonyl (C=O) groups is 1. The number of aromatic nitrogens is 2. The summed E-state index contributed by atoms with van der Waals surface area (Å²) < 4.78 is 0. The Hall–Kier alpha value is -2.23. The fourth-order valence-electron chi connectivity index (χ4n) is 1.58. The highest BCUT2D eigenvalue weighted by Crippen LogP contribution is 2.17. The van der Waals surface area contributed by atoms with E-state index in [2.05, 4.69) is 9.97 Å². The molecule has 4 heteroatoms. The summed E-state index contributed by atoms with van der Waals surface area (Å²) in [6.07, 6.45) is 1.76. The smallest absolute Gasteiger partial charge is 0.307 e. The van der Waals surface area contributed by atoms with Gasteiger partial charge in [0, 0.05) is 11.8 Å². The quantitative estimate of drug-likeness (QED) is 0.873. The number of hydrogen-bond acceptors (Lipinski definition) is 3. The molecule has 86 valence electrons. The van der Waals surface area contributed by atoms with Crippen molar-refractivity contribution in [3.63, 3.8) is 0 Å². The summed E-state index contributed by atoms with van der Waals surface area (Å²) in [4.78, 5) is 18.9. The van der Waals surface area contributed by atoms with Gasteiger partial charge >= 0.3 is 5.97 Å². The van der Waals surface area contributed by atoms with Gasteiger partial charge in [0.15, 0.2) is 0 Å². The van der Waals surface area contributed by atoms with E-state index >= 15 is 0 Å². The van der Waals surface area contributed by atoms with E-state index in [1.165, 1.54) is 0 Å². The van der Waals surface area contributed by atoms with Gasteiger partial charge in [-0.25, -0.2) is 9.97 Å². The topological polar surface area (TPSA) is 63.1 Å². The molecular formula is C13H12N2O2. The summed E-state index contributed by atoms with van der Waals surface area (Å²) in [5, 5.41) is 8.67. The summed E-state index contributed by atoms with van der Waals surface area (Å²) in [5.41, 5.74) is 2.59. The molecule has 0 aliphatic heterocycles. The van der Waals surface area contributed by atoms with Crippen molar-refractivity contribution < 1.29 is 9.90 Å². The number of carboxylic acid groups (broad SMARTS) is 1. The molecule has 0 amide bonds. The van der Waals surface area contributed by atoms with E-state index in [9.17, 15) is 4.79 Å². The first-order valence-electron chi connectivity index (χ1n) is 5.26. The van der Waals surface area contributed by atoms with E-state index in [0.29, 0.717) is 0 Å². The third-order valence-corrected chi connectivity index (χ3v) is 2.38. The minimum absolute atomic E-state index is 0.0447. The molecule has 0 aliphatic rings. The van der Waals surface area contributed by atoms with Crippen molar-refractivity contribution in [3.05, 3.63) is 47.9 Å². The van der Waals surface area contributed by atoms with Gasteiger partial charge in [-0.3, -0.25) is 4.79 Å². The van der Waals surface area contributed by atoms with Crippen LogP contribution in [0.4, 0.5) is 0 Å². The van der Waals surface area contributed by atoms with Crippen molar-refractivity contribution in [2.24, 2.45) is 0 Å². The lowest BCUT2D eigenvalue weighted by Gasteiger charge is -2.02. The first-order chi connectivity index (χ1) is 8.15. The van der Waals surface area contributed by atoms with Crippen LogP contribution in [0.15, 0.2) is 36.5 Å². The zero-order valence-electron chi connectivity index (χ0n) is 9.42. The molecular weight excluding hydrogens is 216 g/mol. The van der Waals surface area contributed by atoms with Crippen molar-refractivity contribution in [1.82, 2.24) is 9.97 Å². The van der Waals surface area contributed by atoms with Crippen molar-refractivity contribution in [1.29, 1.82) is 0 Å². The van der Waals surface area contributed by atoms with Crippen LogP contribution in [0.1, 0.15) is 11.4 Å². The van der Waals surface area contributed by atoms with Gasteiger partial charge in [-0.05, 0) is 18.6 Å². The number of hydrogen-bond donors (Lipinski definition) is 1. The number of nitrogens with zero attached hydrogens (tertiary/aromatic N) is 2. The van der Waals surface area contributed by atoms with Gasteiger partial charge in [0.05, 0.1) is 12.1 Å². The van der Waals surface area contributed by atoms with Crippen molar-refractivity contribution >= 4 is 5.97 Å². The zero-order valence-corrected chi connectivity index (χ0v) is 9.42. The number of carboxylic acids is 1. The average Bonchev–Trinajstić information content (AvgIpc) is 2.29. The molecule has 0 atom stereocenters. The summed E-state index contributed by atoms with van der Waals surface area (Å²) in [6, 6.07) is 9.20. The van der Waals surface area contributed by atoms with Gasteiger partial charge in [-0.15, -0.1) is 0 Å². The maximum absolute atomic E-state index is 10.5. The van der Waals surface area contributed by atoms with Crippen molar-refractivity contribution in [3.8, 4) is 11.3 Å². The Morgan fingerprint density at radius 2 is 1.94 bits per heavy atom. The lowest BCUT2D eigenvalue weighted by atomic mass is 10.1. The van der Waals surface area contributed by atoms with E-state index in [4.69, 9.17) is 5.11 Å². The molecule has 2 aromatic rings. The molecule has 0 spiro atoms. The predicted octanol–water partition coefficient (Wildman–Crippen LogP) is 2.08. The highest BCUT2D eigenvalue weighted by atomic mass is 16.4. The minimum atomic E-state index is -0.823. The lowest BCUT2D eigenvalue weighted by molar-refractivity contribution is -0.136. The lowest BCUT2D eigenvalue weighted by Crippen LogP contribution is -1.99. The Balaban J connectivity index is 2.26. The molecule has 4 nitrogen and oxygen atoms in total. The fourth-order valence-corrected chi connectivity index (χ4v) is 1.58. The number of rotatable bonds is 3. The Kier molecular flexibility index (Phi) is 3.14. The van der Waals surface area contributed by atoms with Crippen LogP contribution in [-0.4, -0.2) is 21.0 Å². The highest BCUT2D eigenvalue weighted by Gasteiger charge is 2.02. The second-order valence-corrected chi connectivity index (χ2v) is 3.76. The predicted molar refractivity (Wildman–Crippen MR) is 63.5 cm³/mol. The van der Waals surface area contributed by atoms with Crippen LogP contribution < -0.4 is 0 Å². The highest BCUT2D eigenvalue weighted by molar-refractivity contribution is 5.70. The maximum atomic E-state index is 10.5. The van der Waals surface area contributed by atoms with E-state index in [-0.39, 0.29) is 6.42 Å². The molecule has 0 saturated carbocycles. The van der Waals surface area contributed by atoms with Crippen LogP contribution in [0, 0.1) is 6.92 Å². The first kappa shape index (κ1) is 11.3. The van der Waals surface area contributed by atoms with Crippen molar-refractivity contribution in [2.75, 3.05) is 0 Å². The molecule has 17 heavy (non-hydrogen) atoms. The Morgan fingerprint density at radius 3 is 2.53 bits per heavy atom. The molecule has 0 radical (unpaired) electrons. The van der Waals surface area contributed by atoms with Crippen LogP contribution in [0.25, 0.3) is 11.3 Å². The normalized spacial score (nSPS) is 10.2. The van der Waals surface area contributed by atoms with Gasteiger partial charge in [0.1, 0.15) is 5.82 Å². The van der Waals surface area contributed by atoms with Crippen LogP contribution in [0.2, 0.25) is 0 Å². The summed E-state index contributed by atoms with van der Waals surface area (Å²) in [5.74, 6) is -0.104. The SMILES string of the molecule is Cc1nccc(-c2ccc(CC(=O)O)cc2)n1. The second-order valence-electron chi connectivity index (χ2n) is 3.76. The van der Waals surface area contributed by atoms with E-state index in [0.717, 1.165) is 22.6 Å². The average molecular weight is 228 g/mol. The van der Waals surface area contributed by atoms with Crippen LogP contribution in [-0.2, 0) is 11.2 Å². The van der Waals surface area contributed by atoms with Gasteiger partial charge in [0.25, 0.3) is 0 Å². The molecule has 1 heterocycles. The molecule has 1 N–H and O–H groups in total. The van der Waals surface area contributed by atoms with E-state index < -0.39 is 5.97 Å². The molecule has 1 aromatic carbocycles. The Morgan fingerprint density at radius 1 is 1.24 bits per heavy atom. The molecule has 0 bridgehead atoms. The fraction of sp³-hybridized carbons (Fsp3) is 0.154. The molecule has 0 saturated heterocycles. The number of benzene rings is 1. The third-order valence-electron chi connectivity index (χ3n) is 2.38. The minimum Gasteiger partial charge on any atom is -0.481 e. The van der Waals surface area contributed by atoms with Gasteiger partial charge < -0.3 is 5.11 Å². The molecule has 0 unspecified atom stereocenters. The number of aryl methyl sites for hydroxylation is 1. The summed E-state index contributed by atoms with van der Waals surface area (Å²) in [6.45, 7) is 1.84. The van der Waals surface area contributed by atoms with Gasteiger partial charge in [-0.1, -0.05) is 24.3 Å². The standard InChI is InChI=1S/C13H12N2O2/c1-9-14-7-6-12(15-9)11-4-2-10(3-5-11)8-13(16)17/h2-7H,8H2,1H3,(H,16,17). The van der Waals surface area contributed by atoms with E-state index in [1.54, 1.807) is 18.3 Å². The van der Waals surface area contributed by atoms with Gasteiger partial charge in [0.2, 0.25) is 0 Å². The number of aliphatic carboxylic acids is 1. The molecule has 2 rings (SSSR count). The largest absolute Gasteiger partial charge is 0.481 e. The summed E-state index contributed by atoms with van der Waals surface area (Å²) in [7, 11) is 0. The van der Waals surface area contributed by atoms with Crippen LogP contribution in [0.3, 0.4) is 0 Å². The second kappa shape index (κ2) is 4.74. The van der Waals surface area contributed by atoms with E-state index in [1.807, 2.05) is 25.1 Å². The van der Waals surface area contributed by atoms with Crippen LogP contribution >= 0.6 is 0 Å². The Labute approximate surface area is 99.0 Å². The Bertz CT molecular complexity index is 535. The third kappa shape index (κ3) is 2.87.